The van der Waals surface area contributed by atoms with Crippen LogP contribution in [0.15, 0.2) is 78.6 Å². The van der Waals surface area contributed by atoms with E-state index in [-0.39, 0.29) is 20.1 Å². The van der Waals surface area contributed by atoms with E-state index in [4.69, 9.17) is 6.58 Å². The Morgan fingerprint density at radius 3 is 2.54 bits per heavy atom. The van der Waals surface area contributed by atoms with Gasteiger partial charge in [-0.1, -0.05) is 18.2 Å². The van der Waals surface area contributed by atoms with E-state index in [0.29, 0.717) is 0 Å². The van der Waals surface area contributed by atoms with Gasteiger partial charge in [-0.05, 0) is 17.1 Å². The van der Waals surface area contributed by atoms with Crippen molar-refractivity contribution in [1.82, 2.24) is 14.8 Å². The molecule has 0 saturated carbocycles. The molecule has 3 aromatic rings. The van der Waals surface area contributed by atoms with Crippen LogP contribution in [-0.2, 0) is 20.1 Å². The number of nitrogens with zero attached hydrogens (tertiary/aromatic N) is 3. The zero-order valence-electron chi connectivity index (χ0n) is 14.4. The Balaban J connectivity index is 0.000000180. The molecule has 0 N–H and O–H groups in total. The zero-order chi connectivity index (χ0) is 17.5. The fourth-order valence-corrected chi connectivity index (χ4v) is 3.02. The van der Waals surface area contributed by atoms with Crippen molar-refractivity contribution in [2.24, 2.45) is 0 Å². The van der Waals surface area contributed by atoms with Gasteiger partial charge in [0.25, 0.3) is 0 Å². The molecule has 2 aromatic heterocycles. The van der Waals surface area contributed by atoms with E-state index in [1.54, 1.807) is 17.5 Å². The maximum absolute atomic E-state index is 5.98. The molecule has 0 amide bonds. The van der Waals surface area contributed by atoms with Crippen LogP contribution >= 0.6 is 11.3 Å². The summed E-state index contributed by atoms with van der Waals surface area (Å²) < 4.78 is 0. The Bertz CT molecular complexity index is 779. The SMILES string of the molecule is [CH-]=C(c1cccs1)N1C=CN(C)C1.[Ir].[c-]1ccccc1-c1ccccn1. The van der Waals surface area contributed by atoms with Gasteiger partial charge in [-0.2, -0.15) is 0 Å². The van der Waals surface area contributed by atoms with Crippen LogP contribution in [0.5, 0.6) is 0 Å². The number of benzene rings is 1. The largest absolute Gasteiger partial charge is 0.362 e. The van der Waals surface area contributed by atoms with E-state index in [1.807, 2.05) is 84.3 Å². The summed E-state index contributed by atoms with van der Waals surface area (Å²) in [6.45, 7) is 6.82. The molecule has 3 heterocycles. The number of aromatic nitrogens is 1. The first kappa shape index (κ1) is 20.1. The summed E-state index contributed by atoms with van der Waals surface area (Å²) in [5, 5.41) is 2.03. The fraction of sp³-hybridized carbons (Fsp3) is 0.0952. The Hall–Kier alpha value is -2.20. The molecular formula is C21H19IrN3S-2. The van der Waals surface area contributed by atoms with Crippen LogP contribution in [0.4, 0.5) is 0 Å². The number of pyridine rings is 1. The van der Waals surface area contributed by atoms with Crippen LogP contribution in [0, 0.1) is 12.6 Å². The molecule has 1 radical (unpaired) electrons. The standard InChI is InChI=1S/C11H8N.C10H11N2S.Ir/c1-2-6-10(7-3-1)11-8-4-5-9-12-11;1-9(10-4-3-7-13-10)12-6-5-11(2)8-12;/h1-6,8-9H;1,3-7H,8H2,2H3;/q2*-1;. The summed E-state index contributed by atoms with van der Waals surface area (Å²) in [4.78, 5) is 9.46. The number of hydrogen-bond acceptors (Lipinski definition) is 4. The Morgan fingerprint density at radius 2 is 1.96 bits per heavy atom. The molecule has 26 heavy (non-hydrogen) atoms. The number of hydrogen-bond donors (Lipinski definition) is 0. The summed E-state index contributed by atoms with van der Waals surface area (Å²) in [5.41, 5.74) is 2.84. The summed E-state index contributed by atoms with van der Waals surface area (Å²) >= 11 is 1.66. The van der Waals surface area contributed by atoms with Crippen molar-refractivity contribution in [1.29, 1.82) is 0 Å². The van der Waals surface area contributed by atoms with Crippen LogP contribution in [0.2, 0.25) is 0 Å². The van der Waals surface area contributed by atoms with Gasteiger partial charge in [0.2, 0.25) is 0 Å². The Morgan fingerprint density at radius 1 is 1.12 bits per heavy atom. The number of rotatable bonds is 3. The van der Waals surface area contributed by atoms with Gasteiger partial charge < -0.3 is 14.8 Å². The normalized spacial score (nSPS) is 12.2. The summed E-state index contributed by atoms with van der Waals surface area (Å²) in [6, 6.07) is 20.9. The maximum Gasteiger partial charge on any atom is 0.0906 e. The van der Waals surface area contributed by atoms with Crippen molar-refractivity contribution in [3.63, 3.8) is 0 Å². The zero-order valence-corrected chi connectivity index (χ0v) is 17.6. The van der Waals surface area contributed by atoms with Gasteiger partial charge in [0.05, 0.1) is 6.67 Å². The molecule has 1 aromatic carbocycles. The smallest absolute Gasteiger partial charge is 0.0906 e. The van der Waals surface area contributed by atoms with E-state index in [9.17, 15) is 0 Å². The molecule has 0 bridgehead atoms. The summed E-state index contributed by atoms with van der Waals surface area (Å²) in [6.07, 6.45) is 5.80. The van der Waals surface area contributed by atoms with Crippen molar-refractivity contribution >= 4 is 17.0 Å². The van der Waals surface area contributed by atoms with Gasteiger partial charge in [0.15, 0.2) is 0 Å². The van der Waals surface area contributed by atoms with Crippen molar-refractivity contribution in [3.8, 4) is 11.3 Å². The molecular weight excluding hydrogens is 519 g/mol. The van der Waals surface area contributed by atoms with E-state index < -0.39 is 0 Å². The van der Waals surface area contributed by atoms with E-state index >= 15 is 0 Å². The second-order valence-corrected chi connectivity index (χ2v) is 6.47. The van der Waals surface area contributed by atoms with Crippen molar-refractivity contribution in [2.45, 2.75) is 0 Å². The molecule has 4 rings (SSSR count). The van der Waals surface area contributed by atoms with Gasteiger partial charge in [-0.25, -0.2) is 11.3 Å². The second kappa shape index (κ2) is 10.1. The maximum atomic E-state index is 5.98. The Labute approximate surface area is 172 Å². The topological polar surface area (TPSA) is 19.4 Å². The van der Waals surface area contributed by atoms with Gasteiger partial charge >= 0.3 is 0 Å². The van der Waals surface area contributed by atoms with Crippen LogP contribution in [0.25, 0.3) is 17.0 Å². The molecule has 135 valence electrons. The third kappa shape index (κ3) is 5.40. The van der Waals surface area contributed by atoms with Crippen molar-refractivity contribution in [2.75, 3.05) is 13.7 Å². The minimum absolute atomic E-state index is 0. The molecule has 1 aliphatic heterocycles. The van der Waals surface area contributed by atoms with E-state index in [2.05, 4.69) is 16.0 Å². The van der Waals surface area contributed by atoms with Crippen LogP contribution in [0.3, 0.4) is 0 Å². The third-order valence-corrected chi connectivity index (χ3v) is 4.50. The van der Waals surface area contributed by atoms with E-state index in [1.165, 1.54) is 0 Å². The van der Waals surface area contributed by atoms with Crippen molar-refractivity contribution < 1.29 is 20.1 Å². The fourth-order valence-electron chi connectivity index (χ4n) is 2.33. The van der Waals surface area contributed by atoms with Gasteiger partial charge in [-0.3, -0.25) is 6.58 Å². The second-order valence-electron chi connectivity index (χ2n) is 5.52. The summed E-state index contributed by atoms with van der Waals surface area (Å²) in [5.74, 6) is 0. The molecule has 0 fully saturated rings. The van der Waals surface area contributed by atoms with E-state index in [0.717, 1.165) is 28.5 Å². The monoisotopic (exact) mass is 538 g/mol. The molecule has 1 aliphatic rings. The summed E-state index contributed by atoms with van der Waals surface area (Å²) in [7, 11) is 2.03. The first-order chi connectivity index (χ1) is 12.2. The first-order valence-corrected chi connectivity index (χ1v) is 8.81. The van der Waals surface area contributed by atoms with Crippen LogP contribution in [0.1, 0.15) is 4.88 Å². The quantitative estimate of drug-likeness (QED) is 0.450. The first-order valence-electron chi connectivity index (χ1n) is 7.93. The average molecular weight is 538 g/mol. The molecule has 0 unspecified atom stereocenters. The van der Waals surface area contributed by atoms with Crippen molar-refractivity contribution in [3.05, 3.63) is 96.1 Å². The van der Waals surface area contributed by atoms with Crippen LogP contribution < -0.4 is 0 Å². The van der Waals surface area contributed by atoms with Gasteiger partial charge in [0, 0.05) is 45.7 Å². The average Bonchev–Trinajstić information content (AvgIpc) is 3.35. The molecule has 3 nitrogen and oxygen atoms in total. The Kier molecular flexibility index (Phi) is 7.79. The van der Waals surface area contributed by atoms with Gasteiger partial charge in [-0.15, -0.1) is 52.5 Å². The third-order valence-electron chi connectivity index (χ3n) is 3.61. The molecule has 0 atom stereocenters. The predicted octanol–water partition coefficient (Wildman–Crippen LogP) is 4.74. The molecule has 5 heteroatoms. The molecule has 0 saturated heterocycles. The van der Waals surface area contributed by atoms with Crippen LogP contribution in [-0.4, -0.2) is 28.5 Å². The molecule has 0 aliphatic carbocycles. The predicted molar refractivity (Wildman–Crippen MR) is 104 cm³/mol. The minimum atomic E-state index is 0. The molecule has 0 spiro atoms. The number of thiophene rings is 1. The minimum Gasteiger partial charge on any atom is -0.362 e. The van der Waals surface area contributed by atoms with Gasteiger partial charge in [0.1, 0.15) is 0 Å².